The fourth-order valence-electron chi connectivity index (χ4n) is 1.15. The molecule has 0 aliphatic carbocycles. The normalized spacial score (nSPS) is 12.6. The van der Waals surface area contributed by atoms with E-state index in [1.807, 2.05) is 0 Å². The van der Waals surface area contributed by atoms with Crippen LogP contribution in [0.1, 0.15) is 19.4 Å². The number of carboxylic acids is 1. The Morgan fingerprint density at radius 2 is 1.69 bits per heavy atom. The predicted molar refractivity (Wildman–Crippen MR) is 59.5 cm³/mol. The maximum Gasteiger partial charge on any atom is 0.315 e. The van der Waals surface area contributed by atoms with Gasteiger partial charge in [0.15, 0.2) is 0 Å². The summed E-state index contributed by atoms with van der Waals surface area (Å²) in [4.78, 5) is 10.8. The van der Waals surface area contributed by atoms with Crippen molar-refractivity contribution < 1.29 is 18.7 Å². The van der Waals surface area contributed by atoms with Gasteiger partial charge in [-0.2, -0.15) is 0 Å². The molecule has 0 atom stereocenters. The third kappa shape index (κ3) is 2.09. The second-order valence-electron chi connectivity index (χ2n) is 4.01. The van der Waals surface area contributed by atoms with Crippen LogP contribution in [0.3, 0.4) is 0 Å². The van der Waals surface area contributed by atoms with Gasteiger partial charge in [-0.3, -0.25) is 4.79 Å². The van der Waals surface area contributed by atoms with Gasteiger partial charge in [0.05, 0.1) is 0 Å². The summed E-state index contributed by atoms with van der Waals surface area (Å²) in [6.45, 7) is 2.02. The number of alkyl halides is 2. The quantitative estimate of drug-likeness (QED) is 0.923. The number of hydrogen-bond acceptors (Lipinski definition) is 1. The lowest BCUT2D eigenvalue weighted by molar-refractivity contribution is -0.175. The van der Waals surface area contributed by atoms with E-state index in [1.165, 1.54) is 24.3 Å². The smallest absolute Gasteiger partial charge is 0.315 e. The summed E-state index contributed by atoms with van der Waals surface area (Å²) in [5, 5.41) is 8.80. The number of carboxylic acid groups (broad SMARTS) is 1. The third-order valence-corrected chi connectivity index (χ3v) is 3.06. The summed E-state index contributed by atoms with van der Waals surface area (Å²) in [6, 6.07) is 5.35. The van der Waals surface area contributed by atoms with Crippen LogP contribution in [0, 0.1) is 5.41 Å². The van der Waals surface area contributed by atoms with E-state index in [2.05, 4.69) is 15.9 Å². The summed E-state index contributed by atoms with van der Waals surface area (Å²) in [5.41, 5.74) is -2.44. The molecule has 0 unspecified atom stereocenters. The minimum Gasteiger partial charge on any atom is -0.481 e. The highest BCUT2D eigenvalue weighted by Crippen LogP contribution is 2.45. The van der Waals surface area contributed by atoms with Gasteiger partial charge in [-0.1, -0.05) is 28.1 Å². The third-order valence-electron chi connectivity index (χ3n) is 2.53. The van der Waals surface area contributed by atoms with E-state index in [0.717, 1.165) is 13.8 Å². The molecule has 1 rings (SSSR count). The highest BCUT2D eigenvalue weighted by atomic mass is 79.9. The molecule has 0 spiro atoms. The van der Waals surface area contributed by atoms with Gasteiger partial charge in [-0.05, 0) is 26.0 Å². The topological polar surface area (TPSA) is 37.3 Å². The molecule has 1 aromatic carbocycles. The Morgan fingerprint density at radius 3 is 2.06 bits per heavy atom. The van der Waals surface area contributed by atoms with Gasteiger partial charge in [0.1, 0.15) is 5.41 Å². The summed E-state index contributed by atoms with van der Waals surface area (Å²) in [7, 11) is 0. The second-order valence-corrected chi connectivity index (χ2v) is 4.93. The molecule has 0 bridgehead atoms. The van der Waals surface area contributed by atoms with Crippen LogP contribution in [-0.2, 0) is 10.7 Å². The van der Waals surface area contributed by atoms with Crippen LogP contribution >= 0.6 is 15.9 Å². The van der Waals surface area contributed by atoms with Gasteiger partial charge in [0.2, 0.25) is 0 Å². The zero-order chi connectivity index (χ0) is 12.6. The molecular formula is C11H11BrF2O2. The van der Waals surface area contributed by atoms with Gasteiger partial charge in [0, 0.05) is 10.0 Å². The first-order chi connectivity index (χ1) is 7.19. The van der Waals surface area contributed by atoms with Gasteiger partial charge in [-0.15, -0.1) is 0 Å². The largest absolute Gasteiger partial charge is 0.481 e. The minimum absolute atomic E-state index is 0.303. The van der Waals surface area contributed by atoms with Crippen molar-refractivity contribution in [2.24, 2.45) is 5.41 Å². The van der Waals surface area contributed by atoms with Crippen molar-refractivity contribution in [2.45, 2.75) is 19.8 Å². The zero-order valence-corrected chi connectivity index (χ0v) is 10.4. The fraction of sp³-hybridized carbons (Fsp3) is 0.364. The van der Waals surface area contributed by atoms with Crippen LogP contribution in [0.15, 0.2) is 28.7 Å². The Labute approximate surface area is 100 Å². The average Bonchev–Trinajstić information content (AvgIpc) is 2.17. The molecule has 0 aliphatic rings. The lowest BCUT2D eigenvalue weighted by atomic mass is 9.81. The maximum absolute atomic E-state index is 13.9. The molecule has 1 aromatic rings. The number of aliphatic carboxylic acids is 1. The van der Waals surface area contributed by atoms with E-state index in [0.29, 0.717) is 4.47 Å². The fourth-order valence-corrected chi connectivity index (χ4v) is 1.42. The Kier molecular flexibility index (Phi) is 3.38. The van der Waals surface area contributed by atoms with Crippen molar-refractivity contribution in [1.82, 2.24) is 0 Å². The summed E-state index contributed by atoms with van der Waals surface area (Å²) < 4.78 is 28.5. The van der Waals surface area contributed by atoms with Gasteiger partial charge >= 0.3 is 5.97 Å². The van der Waals surface area contributed by atoms with E-state index in [-0.39, 0.29) is 5.56 Å². The lowest BCUT2D eigenvalue weighted by Crippen LogP contribution is -2.40. The molecule has 0 radical (unpaired) electrons. The Morgan fingerprint density at radius 1 is 1.25 bits per heavy atom. The Hall–Kier alpha value is -0.970. The van der Waals surface area contributed by atoms with Crippen LogP contribution in [0.5, 0.6) is 0 Å². The molecule has 88 valence electrons. The van der Waals surface area contributed by atoms with Crippen LogP contribution in [0.4, 0.5) is 8.78 Å². The number of benzene rings is 1. The first-order valence-corrected chi connectivity index (χ1v) is 5.36. The molecule has 0 amide bonds. The second kappa shape index (κ2) is 4.13. The first-order valence-electron chi connectivity index (χ1n) is 4.57. The van der Waals surface area contributed by atoms with Crippen molar-refractivity contribution in [3.63, 3.8) is 0 Å². The molecule has 16 heavy (non-hydrogen) atoms. The Balaban J connectivity index is 3.20. The molecule has 0 aliphatic heterocycles. The molecule has 5 heteroatoms. The van der Waals surface area contributed by atoms with Crippen LogP contribution in [-0.4, -0.2) is 11.1 Å². The van der Waals surface area contributed by atoms with Gasteiger partial charge in [-0.25, -0.2) is 8.78 Å². The van der Waals surface area contributed by atoms with Crippen molar-refractivity contribution in [1.29, 1.82) is 0 Å². The van der Waals surface area contributed by atoms with Gasteiger partial charge < -0.3 is 5.11 Å². The molecule has 0 aromatic heterocycles. The summed E-state index contributed by atoms with van der Waals surface area (Å²) in [6.07, 6.45) is 0. The first kappa shape index (κ1) is 13.1. The monoisotopic (exact) mass is 292 g/mol. The number of halogens is 3. The van der Waals surface area contributed by atoms with Crippen molar-refractivity contribution in [3.8, 4) is 0 Å². The maximum atomic E-state index is 13.9. The van der Waals surface area contributed by atoms with Crippen LogP contribution in [0.2, 0.25) is 0 Å². The van der Waals surface area contributed by atoms with E-state index >= 15 is 0 Å². The molecule has 0 fully saturated rings. The van der Waals surface area contributed by atoms with Crippen LogP contribution < -0.4 is 0 Å². The molecule has 2 nitrogen and oxygen atoms in total. The number of hydrogen-bond donors (Lipinski definition) is 1. The molecule has 1 N–H and O–H groups in total. The standard InChI is InChI=1S/C11H11BrF2O2/c1-10(2,9(15)16)11(13,14)7-3-5-8(12)6-4-7/h3-6H,1-2H3,(H,15,16). The molecule has 0 saturated carbocycles. The number of rotatable bonds is 3. The molecular weight excluding hydrogens is 282 g/mol. The summed E-state index contributed by atoms with van der Waals surface area (Å²) >= 11 is 3.13. The highest BCUT2D eigenvalue weighted by Gasteiger charge is 2.53. The van der Waals surface area contributed by atoms with Gasteiger partial charge in [0.25, 0.3) is 5.92 Å². The average molecular weight is 293 g/mol. The highest BCUT2D eigenvalue weighted by molar-refractivity contribution is 9.10. The van der Waals surface area contributed by atoms with Crippen LogP contribution in [0.25, 0.3) is 0 Å². The van der Waals surface area contributed by atoms with Crippen molar-refractivity contribution >= 4 is 21.9 Å². The predicted octanol–water partition coefficient (Wildman–Crippen LogP) is 3.65. The van der Waals surface area contributed by atoms with E-state index in [9.17, 15) is 13.6 Å². The van der Waals surface area contributed by atoms with E-state index < -0.39 is 17.3 Å². The lowest BCUT2D eigenvalue weighted by Gasteiger charge is -2.30. The van der Waals surface area contributed by atoms with E-state index in [4.69, 9.17) is 5.11 Å². The zero-order valence-electron chi connectivity index (χ0n) is 8.80. The van der Waals surface area contributed by atoms with Crippen molar-refractivity contribution in [2.75, 3.05) is 0 Å². The molecule has 0 heterocycles. The molecule has 0 saturated heterocycles. The minimum atomic E-state index is -3.42. The van der Waals surface area contributed by atoms with E-state index in [1.54, 1.807) is 0 Å². The summed E-state index contributed by atoms with van der Waals surface area (Å²) in [5.74, 6) is -4.94. The number of carbonyl (C=O) groups is 1. The SMILES string of the molecule is CC(C)(C(=O)O)C(F)(F)c1ccc(Br)cc1. The van der Waals surface area contributed by atoms with Crippen molar-refractivity contribution in [3.05, 3.63) is 34.3 Å². The Bertz CT molecular complexity index is 399.